The molecule has 2 aliphatic rings. The van der Waals surface area contributed by atoms with E-state index in [0.29, 0.717) is 17.9 Å². The number of rotatable bonds is 9. The molecule has 2 aromatic rings. The summed E-state index contributed by atoms with van der Waals surface area (Å²) in [5.41, 5.74) is 4.17. The zero-order valence-corrected chi connectivity index (χ0v) is 18.9. The van der Waals surface area contributed by atoms with Gasteiger partial charge in [0.2, 0.25) is 0 Å². The summed E-state index contributed by atoms with van der Waals surface area (Å²) in [4.78, 5) is 17.3. The molecule has 0 radical (unpaired) electrons. The van der Waals surface area contributed by atoms with Gasteiger partial charge in [-0.05, 0) is 54.7 Å². The van der Waals surface area contributed by atoms with Gasteiger partial charge in [-0.25, -0.2) is 4.39 Å². The summed E-state index contributed by atoms with van der Waals surface area (Å²) in [6, 6.07) is 9.63. The third-order valence-corrected chi connectivity index (χ3v) is 6.32. The summed E-state index contributed by atoms with van der Waals surface area (Å²) < 4.78 is 28.8. The second-order valence-electron chi connectivity index (χ2n) is 8.22. The molecule has 172 valence electrons. The van der Waals surface area contributed by atoms with Crippen LogP contribution >= 0.6 is 0 Å². The summed E-state index contributed by atoms with van der Waals surface area (Å²) in [7, 11) is 3.33. The lowest BCUT2D eigenvalue weighted by Gasteiger charge is -2.32. The minimum Gasteiger partial charge on any atom is -0.493 e. The molecule has 1 amide bonds. The molecule has 0 aliphatic carbocycles. The Balaban J connectivity index is 1.33. The van der Waals surface area contributed by atoms with Gasteiger partial charge in [-0.1, -0.05) is 6.07 Å². The van der Waals surface area contributed by atoms with Crippen molar-refractivity contribution in [1.82, 2.24) is 9.80 Å². The van der Waals surface area contributed by atoms with Gasteiger partial charge in [0.05, 0.1) is 14.2 Å². The van der Waals surface area contributed by atoms with Crippen LogP contribution < -0.4 is 14.2 Å². The van der Waals surface area contributed by atoms with Gasteiger partial charge < -0.3 is 19.1 Å². The first-order valence-electron chi connectivity index (χ1n) is 11.2. The number of amides is 1. The van der Waals surface area contributed by atoms with Gasteiger partial charge in [0.25, 0.3) is 5.91 Å². The van der Waals surface area contributed by atoms with Crippen molar-refractivity contribution in [1.29, 1.82) is 0 Å². The number of hydrogen-bond acceptors (Lipinski definition) is 5. The van der Waals surface area contributed by atoms with Gasteiger partial charge in [-0.3, -0.25) is 9.69 Å². The number of nitrogens with zero attached hydrogens (tertiary/aromatic N) is 2. The van der Waals surface area contributed by atoms with Crippen LogP contribution in [-0.2, 0) is 19.4 Å². The maximum atomic E-state index is 13.0. The van der Waals surface area contributed by atoms with Crippen molar-refractivity contribution in [3.8, 4) is 17.2 Å². The second kappa shape index (κ2) is 10.2. The first-order valence-corrected chi connectivity index (χ1v) is 11.2. The van der Waals surface area contributed by atoms with Gasteiger partial charge in [0.15, 0.2) is 11.5 Å². The van der Waals surface area contributed by atoms with Crippen LogP contribution in [0.2, 0.25) is 0 Å². The maximum Gasteiger partial charge on any atom is 0.254 e. The normalized spacial score (nSPS) is 15.8. The molecule has 7 heteroatoms. The molecular weight excluding hydrogens is 410 g/mol. The average Bonchev–Trinajstić information content (AvgIpc) is 2.83. The number of alkyl halides is 1. The third kappa shape index (κ3) is 4.67. The molecule has 0 unspecified atom stereocenters. The molecule has 0 aromatic heterocycles. The number of ether oxygens (including phenoxy) is 3. The molecule has 0 atom stereocenters. The molecule has 0 saturated heterocycles. The van der Waals surface area contributed by atoms with E-state index in [0.717, 1.165) is 62.5 Å². The lowest BCUT2D eigenvalue weighted by atomic mass is 9.97. The highest BCUT2D eigenvalue weighted by Gasteiger charge is 2.27. The van der Waals surface area contributed by atoms with Crippen molar-refractivity contribution in [3.05, 3.63) is 52.6 Å². The van der Waals surface area contributed by atoms with E-state index in [1.54, 1.807) is 14.2 Å². The smallest absolute Gasteiger partial charge is 0.254 e. The number of carbonyl (C=O) groups is 1. The maximum absolute atomic E-state index is 13.0. The van der Waals surface area contributed by atoms with Crippen LogP contribution in [0, 0.1) is 0 Å². The van der Waals surface area contributed by atoms with Gasteiger partial charge in [0, 0.05) is 43.9 Å². The predicted molar refractivity (Wildman–Crippen MR) is 121 cm³/mol. The molecule has 0 spiro atoms. The van der Waals surface area contributed by atoms with E-state index in [2.05, 4.69) is 17.0 Å². The fourth-order valence-corrected chi connectivity index (χ4v) is 4.66. The highest BCUT2D eigenvalue weighted by molar-refractivity contribution is 5.97. The van der Waals surface area contributed by atoms with Crippen molar-refractivity contribution in [2.24, 2.45) is 0 Å². The van der Waals surface area contributed by atoms with E-state index in [-0.39, 0.29) is 12.5 Å². The van der Waals surface area contributed by atoms with Gasteiger partial charge in [-0.2, -0.15) is 0 Å². The van der Waals surface area contributed by atoms with E-state index < -0.39 is 6.67 Å². The van der Waals surface area contributed by atoms with E-state index in [9.17, 15) is 9.18 Å². The molecular formula is C25H31FN2O4. The van der Waals surface area contributed by atoms with Crippen molar-refractivity contribution in [2.75, 3.05) is 53.7 Å². The number of carbonyl (C=O) groups excluding carboxylic acids is 1. The van der Waals surface area contributed by atoms with E-state index in [1.807, 2.05) is 23.1 Å². The molecule has 4 rings (SSSR count). The Morgan fingerprint density at radius 2 is 1.75 bits per heavy atom. The summed E-state index contributed by atoms with van der Waals surface area (Å²) in [5.74, 6) is 2.22. The quantitative estimate of drug-likeness (QED) is 0.596. The molecule has 0 bridgehead atoms. The largest absolute Gasteiger partial charge is 0.493 e. The molecule has 0 saturated carbocycles. The lowest BCUT2D eigenvalue weighted by molar-refractivity contribution is 0.0728. The Morgan fingerprint density at radius 1 is 0.969 bits per heavy atom. The Kier molecular flexibility index (Phi) is 7.15. The summed E-state index contributed by atoms with van der Waals surface area (Å²) in [5, 5.41) is 0. The van der Waals surface area contributed by atoms with Crippen molar-refractivity contribution in [3.63, 3.8) is 0 Å². The minimum absolute atomic E-state index is 0.0198. The molecule has 2 heterocycles. The van der Waals surface area contributed by atoms with Crippen LogP contribution in [-0.4, -0.2) is 69.4 Å². The second-order valence-corrected chi connectivity index (χ2v) is 8.22. The standard InChI is InChI=1S/C25H31FN2O4/c1-30-23-15-18-7-12-27(17-19(18)16-24(23)31-2)10-4-11-28-13-8-20-21(25(28)29)5-3-6-22(20)32-14-9-26/h3,5-6,15-16H,4,7-14,17H2,1-2H3/i26-1. The summed E-state index contributed by atoms with van der Waals surface area (Å²) in [6.07, 6.45) is 2.64. The monoisotopic (exact) mass is 441 g/mol. The fraction of sp³-hybridized carbons (Fsp3) is 0.480. The number of benzene rings is 2. The van der Waals surface area contributed by atoms with Crippen LogP contribution in [0.25, 0.3) is 0 Å². The Hall–Kier alpha value is -2.80. The number of methoxy groups -OCH3 is 2. The molecule has 6 nitrogen and oxygen atoms in total. The lowest BCUT2D eigenvalue weighted by Crippen LogP contribution is -2.40. The summed E-state index contributed by atoms with van der Waals surface area (Å²) in [6.45, 7) is 3.68. The van der Waals surface area contributed by atoms with Crippen LogP contribution in [0.4, 0.5) is 4.39 Å². The fourth-order valence-electron chi connectivity index (χ4n) is 4.66. The van der Waals surface area contributed by atoms with Crippen LogP contribution in [0.15, 0.2) is 30.3 Å². The van der Waals surface area contributed by atoms with Crippen LogP contribution in [0.5, 0.6) is 17.2 Å². The van der Waals surface area contributed by atoms with E-state index >= 15 is 0 Å². The zero-order valence-electron chi connectivity index (χ0n) is 18.9. The predicted octanol–water partition coefficient (Wildman–Crippen LogP) is 3.50. The summed E-state index contributed by atoms with van der Waals surface area (Å²) >= 11 is 0. The van der Waals surface area contributed by atoms with Crippen LogP contribution in [0.3, 0.4) is 0 Å². The van der Waals surface area contributed by atoms with Gasteiger partial charge in [-0.15, -0.1) is 0 Å². The Bertz CT molecular complexity index is 965. The average molecular weight is 442 g/mol. The van der Waals surface area contributed by atoms with Crippen molar-refractivity contribution >= 4 is 5.91 Å². The van der Waals surface area contributed by atoms with Gasteiger partial charge >= 0.3 is 0 Å². The number of fused-ring (bicyclic) bond motifs is 2. The minimum atomic E-state index is -0.537. The van der Waals surface area contributed by atoms with E-state index in [1.165, 1.54) is 11.1 Å². The highest BCUT2D eigenvalue weighted by atomic mass is 18.2. The molecule has 0 N–H and O–H groups in total. The number of halogens is 1. The number of hydrogen-bond donors (Lipinski definition) is 0. The molecule has 0 fully saturated rings. The Labute approximate surface area is 188 Å². The molecule has 2 aromatic carbocycles. The topological polar surface area (TPSA) is 51.2 Å². The molecule has 32 heavy (non-hydrogen) atoms. The first kappa shape index (κ1) is 22.4. The third-order valence-electron chi connectivity index (χ3n) is 6.32. The first-order chi connectivity index (χ1) is 15.6. The highest BCUT2D eigenvalue weighted by Crippen LogP contribution is 2.33. The zero-order chi connectivity index (χ0) is 22.5. The SMILES string of the molecule is COc1cc2c(cc1OC)CN(CCCN1CCc3c(OCC[18F])cccc3C1=O)CC2. The van der Waals surface area contributed by atoms with Crippen LogP contribution in [0.1, 0.15) is 33.5 Å². The Morgan fingerprint density at radius 3 is 2.50 bits per heavy atom. The molecule has 2 aliphatic heterocycles. The van der Waals surface area contributed by atoms with Crippen molar-refractivity contribution < 1.29 is 23.4 Å². The van der Waals surface area contributed by atoms with Gasteiger partial charge in [0.1, 0.15) is 19.0 Å². The van der Waals surface area contributed by atoms with Crippen molar-refractivity contribution in [2.45, 2.75) is 25.8 Å². The van der Waals surface area contributed by atoms with E-state index in [4.69, 9.17) is 14.2 Å².